The first-order valence-electron chi connectivity index (χ1n) is 5.27. The minimum Gasteiger partial charge on any atom is -0.345 e. The Bertz CT molecular complexity index is 493. The maximum Gasteiger partial charge on any atom is 0.113 e. The zero-order chi connectivity index (χ0) is 11.4. The third-order valence-electron chi connectivity index (χ3n) is 2.63. The Labute approximate surface area is 94.8 Å². The number of H-pyrrole nitrogens is 1. The van der Waals surface area contributed by atoms with Crippen LogP contribution in [0.25, 0.3) is 0 Å². The molecule has 0 amide bonds. The molecule has 0 bridgehead atoms. The largest absolute Gasteiger partial charge is 0.345 e. The van der Waals surface area contributed by atoms with Gasteiger partial charge in [-0.15, -0.1) is 0 Å². The van der Waals surface area contributed by atoms with Crippen molar-refractivity contribution in [2.45, 2.75) is 19.3 Å². The molecular formula is C13H13N3. The number of rotatable bonds is 3. The topological polar surface area (TPSA) is 52.5 Å². The van der Waals surface area contributed by atoms with Gasteiger partial charge in [0, 0.05) is 17.8 Å². The molecule has 0 aliphatic heterocycles. The Morgan fingerprint density at radius 1 is 1.38 bits per heavy atom. The predicted octanol–water partition coefficient (Wildman–Crippen LogP) is 2.63. The number of aromatic nitrogens is 2. The molecule has 16 heavy (non-hydrogen) atoms. The van der Waals surface area contributed by atoms with Gasteiger partial charge in [0.05, 0.1) is 12.5 Å². The summed E-state index contributed by atoms with van der Waals surface area (Å²) in [6.45, 7) is 2.10. The number of benzene rings is 1. The van der Waals surface area contributed by atoms with Crippen LogP contribution in [0.3, 0.4) is 0 Å². The average molecular weight is 211 g/mol. The number of aromatic amines is 1. The van der Waals surface area contributed by atoms with Gasteiger partial charge in [0.2, 0.25) is 0 Å². The quantitative estimate of drug-likeness (QED) is 0.848. The van der Waals surface area contributed by atoms with E-state index < -0.39 is 0 Å². The molecule has 2 aromatic rings. The monoisotopic (exact) mass is 211 g/mol. The lowest BCUT2D eigenvalue weighted by Gasteiger charge is -2.08. The molecule has 0 saturated heterocycles. The van der Waals surface area contributed by atoms with Gasteiger partial charge in [0.15, 0.2) is 0 Å². The van der Waals surface area contributed by atoms with E-state index in [1.54, 1.807) is 6.20 Å². The minimum absolute atomic E-state index is 0.230. The van der Waals surface area contributed by atoms with Crippen molar-refractivity contribution in [3.05, 3.63) is 53.6 Å². The van der Waals surface area contributed by atoms with Crippen LogP contribution in [0, 0.1) is 11.3 Å². The lowest BCUT2D eigenvalue weighted by atomic mass is 10.0. The highest BCUT2D eigenvalue weighted by Crippen LogP contribution is 2.20. The van der Waals surface area contributed by atoms with E-state index in [4.69, 9.17) is 5.26 Å². The summed E-state index contributed by atoms with van der Waals surface area (Å²) in [6, 6.07) is 12.3. The summed E-state index contributed by atoms with van der Waals surface area (Å²) in [4.78, 5) is 7.48. The lowest BCUT2D eigenvalue weighted by molar-refractivity contribution is 0.835. The molecule has 0 spiro atoms. The Morgan fingerprint density at radius 3 is 2.81 bits per heavy atom. The molecule has 1 aromatic heterocycles. The molecule has 0 aliphatic rings. The Morgan fingerprint density at radius 2 is 2.12 bits per heavy atom. The number of imidazole rings is 1. The van der Waals surface area contributed by atoms with Crippen LogP contribution >= 0.6 is 0 Å². The number of nitrogens with one attached hydrogen (secondary N) is 1. The van der Waals surface area contributed by atoms with Gasteiger partial charge in [0.25, 0.3) is 0 Å². The zero-order valence-corrected chi connectivity index (χ0v) is 9.14. The second-order valence-corrected chi connectivity index (χ2v) is 3.76. The van der Waals surface area contributed by atoms with Crippen molar-refractivity contribution >= 4 is 0 Å². The third kappa shape index (κ3) is 2.12. The minimum atomic E-state index is 0.230. The average Bonchev–Trinajstić information content (AvgIpc) is 2.78. The first-order valence-corrected chi connectivity index (χ1v) is 5.27. The molecule has 80 valence electrons. The molecule has 2 rings (SSSR count). The van der Waals surface area contributed by atoms with E-state index >= 15 is 0 Å². The van der Waals surface area contributed by atoms with Gasteiger partial charge < -0.3 is 4.98 Å². The van der Waals surface area contributed by atoms with Crippen molar-refractivity contribution in [2.75, 3.05) is 0 Å². The van der Waals surface area contributed by atoms with E-state index in [-0.39, 0.29) is 5.92 Å². The Balaban J connectivity index is 2.21. The number of nitrogens with zero attached hydrogens (tertiary/aromatic N) is 2. The highest BCUT2D eigenvalue weighted by molar-refractivity contribution is 5.25. The van der Waals surface area contributed by atoms with Crippen molar-refractivity contribution in [1.82, 2.24) is 9.97 Å². The smallest absolute Gasteiger partial charge is 0.113 e. The van der Waals surface area contributed by atoms with Crippen LogP contribution in [0.1, 0.15) is 29.9 Å². The summed E-state index contributed by atoms with van der Waals surface area (Å²) in [6.07, 6.45) is 2.12. The molecular weight excluding hydrogens is 198 g/mol. The van der Waals surface area contributed by atoms with Crippen molar-refractivity contribution in [3.8, 4) is 6.07 Å². The summed E-state index contributed by atoms with van der Waals surface area (Å²) in [5, 5.41) is 8.59. The summed E-state index contributed by atoms with van der Waals surface area (Å²) < 4.78 is 0. The molecule has 3 heteroatoms. The fourth-order valence-electron chi connectivity index (χ4n) is 1.67. The van der Waals surface area contributed by atoms with E-state index in [1.807, 2.05) is 18.2 Å². The van der Waals surface area contributed by atoms with Gasteiger partial charge >= 0.3 is 0 Å². The van der Waals surface area contributed by atoms with Crippen LogP contribution in [0.4, 0.5) is 0 Å². The van der Waals surface area contributed by atoms with Gasteiger partial charge in [-0.05, 0) is 5.56 Å². The molecule has 0 saturated carbocycles. The Kier molecular flexibility index (Phi) is 3.02. The molecule has 3 nitrogen and oxygen atoms in total. The highest BCUT2D eigenvalue weighted by atomic mass is 14.9. The van der Waals surface area contributed by atoms with E-state index in [0.29, 0.717) is 6.42 Å². The zero-order valence-electron chi connectivity index (χ0n) is 9.14. The van der Waals surface area contributed by atoms with Gasteiger partial charge in [-0.3, -0.25) is 0 Å². The van der Waals surface area contributed by atoms with Crippen molar-refractivity contribution < 1.29 is 0 Å². The van der Waals surface area contributed by atoms with Gasteiger partial charge in [-0.2, -0.15) is 5.26 Å². The van der Waals surface area contributed by atoms with Crippen LogP contribution in [0.15, 0.2) is 36.5 Å². The lowest BCUT2D eigenvalue weighted by Crippen LogP contribution is -1.98. The number of hydrogen-bond acceptors (Lipinski definition) is 2. The summed E-state index contributed by atoms with van der Waals surface area (Å²) in [5.74, 6) is 1.14. The van der Waals surface area contributed by atoms with Gasteiger partial charge in [0.1, 0.15) is 5.82 Å². The summed E-state index contributed by atoms with van der Waals surface area (Å²) in [7, 11) is 0. The number of hydrogen-bond donors (Lipinski definition) is 1. The van der Waals surface area contributed by atoms with Gasteiger partial charge in [-0.25, -0.2) is 4.98 Å². The van der Waals surface area contributed by atoms with Crippen LogP contribution in [-0.2, 0) is 6.42 Å². The Hall–Kier alpha value is -2.08. The molecule has 0 aliphatic carbocycles. The van der Waals surface area contributed by atoms with Crippen LogP contribution < -0.4 is 0 Å². The van der Waals surface area contributed by atoms with Gasteiger partial charge in [-0.1, -0.05) is 37.3 Å². The molecule has 1 unspecified atom stereocenters. The third-order valence-corrected chi connectivity index (χ3v) is 2.63. The molecule has 1 atom stereocenters. The maximum atomic E-state index is 8.59. The summed E-state index contributed by atoms with van der Waals surface area (Å²) in [5.41, 5.74) is 2.10. The van der Waals surface area contributed by atoms with Crippen molar-refractivity contribution in [2.24, 2.45) is 0 Å². The number of nitriles is 1. The molecule has 1 N–H and O–H groups in total. The normalized spacial score (nSPS) is 12.0. The second-order valence-electron chi connectivity index (χ2n) is 3.76. The first-order chi connectivity index (χ1) is 7.81. The second kappa shape index (κ2) is 4.63. The molecule has 1 aromatic carbocycles. The summed E-state index contributed by atoms with van der Waals surface area (Å²) >= 11 is 0. The van der Waals surface area contributed by atoms with Crippen LogP contribution in [-0.4, -0.2) is 9.97 Å². The van der Waals surface area contributed by atoms with E-state index in [9.17, 15) is 0 Å². The fourth-order valence-corrected chi connectivity index (χ4v) is 1.67. The van der Waals surface area contributed by atoms with Crippen molar-refractivity contribution in [1.29, 1.82) is 5.26 Å². The fraction of sp³-hybridized carbons (Fsp3) is 0.231. The molecule has 0 fully saturated rings. The molecule has 0 radical (unpaired) electrons. The first kappa shape index (κ1) is 10.4. The standard InChI is InChI=1S/C13H13N3/c1-10(11-5-3-2-4-6-11)13-15-9-12(16-13)7-8-14/h2-6,9-10H,7H2,1H3,(H,15,16). The molecule has 1 heterocycles. The highest BCUT2D eigenvalue weighted by Gasteiger charge is 2.11. The van der Waals surface area contributed by atoms with Crippen LogP contribution in [0.5, 0.6) is 0 Å². The van der Waals surface area contributed by atoms with E-state index in [0.717, 1.165) is 11.5 Å². The van der Waals surface area contributed by atoms with E-state index in [2.05, 4.69) is 35.1 Å². The van der Waals surface area contributed by atoms with Crippen molar-refractivity contribution in [3.63, 3.8) is 0 Å². The SMILES string of the molecule is CC(c1ccccc1)c1ncc(CC#N)[nH]1. The maximum absolute atomic E-state index is 8.59. The van der Waals surface area contributed by atoms with Crippen LogP contribution in [0.2, 0.25) is 0 Å². The predicted molar refractivity (Wildman–Crippen MR) is 61.9 cm³/mol. The van der Waals surface area contributed by atoms with E-state index in [1.165, 1.54) is 5.56 Å².